The summed E-state index contributed by atoms with van der Waals surface area (Å²) in [6, 6.07) is 0. The van der Waals surface area contributed by atoms with E-state index < -0.39 is 5.97 Å². The predicted octanol–water partition coefficient (Wildman–Crippen LogP) is -0.733. The van der Waals surface area contributed by atoms with Crippen molar-refractivity contribution in [1.82, 2.24) is 35.0 Å². The summed E-state index contributed by atoms with van der Waals surface area (Å²) in [6.45, 7) is -0.00928. The number of nitrogens with zero attached hydrogens (tertiary/aromatic N) is 7. The van der Waals surface area contributed by atoms with E-state index in [0.29, 0.717) is 10.9 Å². The number of methoxy groups -OCH3 is 1. The van der Waals surface area contributed by atoms with Crippen molar-refractivity contribution >= 4 is 17.7 Å². The fraction of sp³-hybridized carbons (Fsp3) is 0.500. The van der Waals surface area contributed by atoms with E-state index >= 15 is 0 Å². The first-order chi connectivity index (χ1) is 8.70. The molecule has 0 radical (unpaired) electrons. The second-order valence-corrected chi connectivity index (χ2v) is 4.28. The number of hydrogen-bond donors (Lipinski definition) is 0. The first kappa shape index (κ1) is 12.5. The van der Waals surface area contributed by atoms with Gasteiger partial charge in [0.25, 0.3) is 0 Å². The summed E-state index contributed by atoms with van der Waals surface area (Å²) >= 11 is 1.37. The Morgan fingerprint density at radius 3 is 3.00 bits per heavy atom. The highest BCUT2D eigenvalue weighted by atomic mass is 32.2. The zero-order valence-electron chi connectivity index (χ0n) is 9.85. The third kappa shape index (κ3) is 2.83. The van der Waals surface area contributed by atoms with Gasteiger partial charge < -0.3 is 9.30 Å². The van der Waals surface area contributed by atoms with Crippen LogP contribution < -0.4 is 0 Å². The van der Waals surface area contributed by atoms with E-state index in [2.05, 4.69) is 30.5 Å². The molecule has 0 aliphatic heterocycles. The van der Waals surface area contributed by atoms with Crippen molar-refractivity contribution in [3.8, 4) is 0 Å². The molecule has 0 fully saturated rings. The number of thioether (sulfide) groups is 1. The van der Waals surface area contributed by atoms with Crippen LogP contribution >= 0.6 is 11.8 Å². The first-order valence-corrected chi connectivity index (χ1v) is 5.98. The number of aryl methyl sites for hydroxylation is 1. The number of hydrogen-bond acceptors (Lipinski definition) is 8. The fourth-order valence-corrected chi connectivity index (χ4v) is 2.02. The van der Waals surface area contributed by atoms with E-state index in [0.717, 1.165) is 5.82 Å². The molecular formula is C8H11N7O2S. The highest BCUT2D eigenvalue weighted by Crippen LogP contribution is 2.18. The molecule has 96 valence electrons. The van der Waals surface area contributed by atoms with Crippen LogP contribution in [0.1, 0.15) is 5.82 Å². The summed E-state index contributed by atoms with van der Waals surface area (Å²) in [6.07, 6.45) is 1.62. The van der Waals surface area contributed by atoms with Crippen LogP contribution in [0.3, 0.4) is 0 Å². The van der Waals surface area contributed by atoms with Crippen molar-refractivity contribution < 1.29 is 9.53 Å². The molecule has 9 nitrogen and oxygen atoms in total. The molecule has 0 saturated carbocycles. The zero-order chi connectivity index (χ0) is 13.0. The molecule has 0 atom stereocenters. The Balaban J connectivity index is 2.00. The van der Waals surface area contributed by atoms with Crippen LogP contribution in [-0.4, -0.2) is 48.1 Å². The van der Waals surface area contributed by atoms with E-state index in [4.69, 9.17) is 0 Å². The Hall–Kier alpha value is -1.97. The lowest BCUT2D eigenvalue weighted by Gasteiger charge is -2.02. The van der Waals surface area contributed by atoms with E-state index in [9.17, 15) is 4.79 Å². The normalized spacial score (nSPS) is 10.6. The van der Waals surface area contributed by atoms with E-state index in [1.165, 1.54) is 23.6 Å². The molecule has 2 heterocycles. The summed E-state index contributed by atoms with van der Waals surface area (Å²) in [4.78, 5) is 11.1. The quantitative estimate of drug-likeness (QED) is 0.517. The molecule has 0 aliphatic carbocycles. The van der Waals surface area contributed by atoms with Crippen molar-refractivity contribution in [2.75, 3.05) is 7.11 Å². The number of rotatable bonds is 5. The van der Waals surface area contributed by atoms with Crippen molar-refractivity contribution in [3.05, 3.63) is 12.2 Å². The van der Waals surface area contributed by atoms with Gasteiger partial charge in [0, 0.05) is 7.05 Å². The predicted molar refractivity (Wildman–Crippen MR) is 60.4 cm³/mol. The monoisotopic (exact) mass is 269 g/mol. The molecule has 0 aliphatic rings. The van der Waals surface area contributed by atoms with Gasteiger partial charge in [0.15, 0.2) is 0 Å². The average Bonchev–Trinajstić information content (AvgIpc) is 2.96. The minimum atomic E-state index is -0.400. The molecule has 2 aromatic heterocycles. The summed E-state index contributed by atoms with van der Waals surface area (Å²) in [5, 5.41) is 19.3. The van der Waals surface area contributed by atoms with Gasteiger partial charge in [-0.05, 0) is 10.4 Å². The van der Waals surface area contributed by atoms with Gasteiger partial charge in [-0.1, -0.05) is 11.8 Å². The maximum absolute atomic E-state index is 11.1. The number of esters is 1. The second kappa shape index (κ2) is 5.58. The number of aromatic nitrogens is 7. The Kier molecular flexibility index (Phi) is 3.87. The molecule has 0 amide bonds. The lowest BCUT2D eigenvalue weighted by atomic mass is 10.7. The molecular weight excluding hydrogens is 258 g/mol. The first-order valence-electron chi connectivity index (χ1n) is 4.99. The van der Waals surface area contributed by atoms with E-state index in [1.807, 2.05) is 7.05 Å². The van der Waals surface area contributed by atoms with E-state index in [-0.39, 0.29) is 6.54 Å². The summed E-state index contributed by atoms with van der Waals surface area (Å²) in [5.41, 5.74) is 0. The average molecular weight is 269 g/mol. The molecule has 0 bridgehead atoms. The van der Waals surface area contributed by atoms with Crippen LogP contribution in [0.25, 0.3) is 0 Å². The molecule has 0 N–H and O–H groups in total. The summed E-state index contributed by atoms with van der Waals surface area (Å²) < 4.78 is 7.75. The van der Waals surface area contributed by atoms with Crippen molar-refractivity contribution in [2.24, 2.45) is 7.05 Å². The molecule has 0 aromatic carbocycles. The minimum Gasteiger partial charge on any atom is -0.468 e. The maximum Gasteiger partial charge on any atom is 0.327 e. The van der Waals surface area contributed by atoms with Gasteiger partial charge in [-0.15, -0.1) is 15.3 Å². The second-order valence-electron chi connectivity index (χ2n) is 3.34. The molecule has 18 heavy (non-hydrogen) atoms. The molecule has 2 rings (SSSR count). The molecule has 0 unspecified atom stereocenters. The van der Waals surface area contributed by atoms with Gasteiger partial charge >= 0.3 is 5.97 Å². The van der Waals surface area contributed by atoms with Crippen molar-refractivity contribution in [1.29, 1.82) is 0 Å². The topological polar surface area (TPSA) is 101 Å². The third-order valence-corrected chi connectivity index (χ3v) is 3.09. The van der Waals surface area contributed by atoms with E-state index in [1.54, 1.807) is 10.9 Å². The summed E-state index contributed by atoms with van der Waals surface area (Å²) in [5.74, 6) is 0.966. The van der Waals surface area contributed by atoms with Crippen molar-refractivity contribution in [3.63, 3.8) is 0 Å². The molecule has 2 aromatic rings. The molecule has 0 saturated heterocycles. The van der Waals surface area contributed by atoms with Crippen LogP contribution in [0.4, 0.5) is 0 Å². The Labute approximate surface area is 107 Å². The van der Waals surface area contributed by atoms with Gasteiger partial charge in [0.1, 0.15) is 18.7 Å². The number of carbonyl (C=O) groups is 1. The Morgan fingerprint density at radius 2 is 2.33 bits per heavy atom. The van der Waals surface area contributed by atoms with Crippen LogP contribution in [-0.2, 0) is 28.9 Å². The smallest absolute Gasteiger partial charge is 0.327 e. The third-order valence-electron chi connectivity index (χ3n) is 2.14. The van der Waals surface area contributed by atoms with Crippen LogP contribution in [0, 0.1) is 0 Å². The standard InChI is InChI=1S/C8H11N7O2S/c1-14-5-9-10-6(14)4-18-8-11-12-13-15(8)3-7(16)17-2/h5H,3-4H2,1-2H3. The van der Waals surface area contributed by atoms with Gasteiger partial charge in [-0.2, -0.15) is 0 Å². The van der Waals surface area contributed by atoms with Gasteiger partial charge in [-0.3, -0.25) is 4.79 Å². The van der Waals surface area contributed by atoms with Gasteiger partial charge in [-0.25, -0.2) is 4.68 Å². The van der Waals surface area contributed by atoms with Gasteiger partial charge in [0.2, 0.25) is 5.16 Å². The largest absolute Gasteiger partial charge is 0.468 e. The number of tetrazole rings is 1. The van der Waals surface area contributed by atoms with Crippen LogP contribution in [0.2, 0.25) is 0 Å². The number of carbonyl (C=O) groups excluding carboxylic acids is 1. The van der Waals surface area contributed by atoms with Crippen LogP contribution in [0.15, 0.2) is 11.5 Å². The summed E-state index contributed by atoms with van der Waals surface area (Å²) in [7, 11) is 3.17. The molecule has 10 heteroatoms. The lowest BCUT2D eigenvalue weighted by molar-refractivity contribution is -0.141. The lowest BCUT2D eigenvalue weighted by Crippen LogP contribution is -2.13. The SMILES string of the molecule is COC(=O)Cn1nnnc1SCc1nncn1C. The van der Waals surface area contributed by atoms with Crippen molar-refractivity contribution in [2.45, 2.75) is 17.5 Å². The van der Waals surface area contributed by atoms with Crippen LogP contribution in [0.5, 0.6) is 0 Å². The highest BCUT2D eigenvalue weighted by Gasteiger charge is 2.12. The maximum atomic E-state index is 11.1. The molecule has 0 spiro atoms. The minimum absolute atomic E-state index is 0.00928. The van der Waals surface area contributed by atoms with Gasteiger partial charge in [0.05, 0.1) is 12.9 Å². The highest BCUT2D eigenvalue weighted by molar-refractivity contribution is 7.98. The Bertz CT molecular complexity index is 537. The Morgan fingerprint density at radius 1 is 1.50 bits per heavy atom. The zero-order valence-corrected chi connectivity index (χ0v) is 10.7. The number of ether oxygens (including phenoxy) is 1. The fourth-order valence-electron chi connectivity index (χ4n) is 1.15.